The monoisotopic (exact) mass is 742 g/mol. The summed E-state index contributed by atoms with van der Waals surface area (Å²) in [5.74, 6) is 1.82. The molecule has 0 bridgehead atoms. The summed E-state index contributed by atoms with van der Waals surface area (Å²) in [7, 11) is 0. The summed E-state index contributed by atoms with van der Waals surface area (Å²) in [6.07, 6.45) is 0. The molecule has 0 aromatic heterocycles. The quantitative estimate of drug-likeness (QED) is 0.136. The summed E-state index contributed by atoms with van der Waals surface area (Å²) >= 11 is 0. The van der Waals surface area contributed by atoms with E-state index in [-0.39, 0.29) is 0 Å². The van der Waals surface area contributed by atoms with Gasteiger partial charge in [0, 0.05) is 0 Å². The molecular formula is C57H58. The molecule has 0 amide bonds. The molecule has 0 saturated carbocycles. The Bertz CT molecular complexity index is 2750. The predicted octanol–water partition coefficient (Wildman–Crippen LogP) is 17.2. The summed E-state index contributed by atoms with van der Waals surface area (Å²) in [5, 5.41) is 7.84. The Labute approximate surface area is 341 Å². The van der Waals surface area contributed by atoms with E-state index in [4.69, 9.17) is 0 Å². The second kappa shape index (κ2) is 15.1. The first-order chi connectivity index (χ1) is 27.3. The van der Waals surface area contributed by atoms with Gasteiger partial charge in [0.2, 0.25) is 0 Å². The molecule has 0 unspecified atom stereocenters. The first-order valence-electron chi connectivity index (χ1n) is 21.2. The Morgan fingerprint density at radius 1 is 0.281 bits per heavy atom. The van der Waals surface area contributed by atoms with E-state index in [1.807, 2.05) is 0 Å². The molecule has 0 radical (unpaired) electrons. The van der Waals surface area contributed by atoms with Gasteiger partial charge in [-0.2, -0.15) is 0 Å². The summed E-state index contributed by atoms with van der Waals surface area (Å²) < 4.78 is 0. The zero-order chi connectivity index (χ0) is 40.3. The lowest BCUT2D eigenvalue weighted by Gasteiger charge is -2.26. The van der Waals surface area contributed by atoms with Crippen molar-refractivity contribution in [2.75, 3.05) is 0 Å². The lowest BCUT2D eigenvalue weighted by atomic mass is 9.76. The smallest absolute Gasteiger partial charge is 0.000139 e. The van der Waals surface area contributed by atoms with Crippen LogP contribution in [0.4, 0.5) is 0 Å². The number of rotatable bonds is 8. The highest BCUT2D eigenvalue weighted by molar-refractivity contribution is 6.34. The highest BCUT2D eigenvalue weighted by Gasteiger charge is 2.27. The van der Waals surface area contributed by atoms with E-state index >= 15 is 0 Å². The first-order valence-corrected chi connectivity index (χ1v) is 21.2. The molecule has 0 aliphatic rings. The van der Waals surface area contributed by atoms with Crippen LogP contribution in [0.1, 0.15) is 118 Å². The molecule has 0 atom stereocenters. The molecule has 0 aliphatic carbocycles. The van der Waals surface area contributed by atoms with Gasteiger partial charge in [-0.1, -0.05) is 188 Å². The van der Waals surface area contributed by atoms with E-state index in [9.17, 15) is 0 Å². The SMILES string of the molecule is Cc1ccc2c(-c3ccc(C(C)C)cc3)c3c(-c4ccc(C(C)C)cc4)c4cc(C)c(C)cc4c(-c4ccc(C(C)C)cc4)c3c(-c3ccc(C(C)C)cc3)c2c1. The van der Waals surface area contributed by atoms with Crippen LogP contribution in [0.5, 0.6) is 0 Å². The van der Waals surface area contributed by atoms with Crippen molar-refractivity contribution in [3.8, 4) is 44.5 Å². The van der Waals surface area contributed by atoms with Crippen molar-refractivity contribution in [3.63, 3.8) is 0 Å². The van der Waals surface area contributed by atoms with E-state index in [1.165, 1.54) is 116 Å². The van der Waals surface area contributed by atoms with Gasteiger partial charge in [0.25, 0.3) is 0 Å². The maximum Gasteiger partial charge on any atom is -0.000139 e. The summed E-state index contributed by atoms with van der Waals surface area (Å²) in [4.78, 5) is 0. The zero-order valence-electron chi connectivity index (χ0n) is 35.9. The maximum absolute atomic E-state index is 2.48. The minimum atomic E-state index is 0.455. The molecule has 8 aromatic rings. The molecule has 0 aliphatic heterocycles. The number of benzene rings is 8. The third-order valence-electron chi connectivity index (χ3n) is 12.6. The number of fused-ring (bicyclic) bond motifs is 3. The fourth-order valence-corrected chi connectivity index (χ4v) is 8.94. The van der Waals surface area contributed by atoms with Gasteiger partial charge < -0.3 is 0 Å². The zero-order valence-corrected chi connectivity index (χ0v) is 35.9. The third-order valence-corrected chi connectivity index (χ3v) is 12.6. The van der Waals surface area contributed by atoms with Crippen LogP contribution in [0.2, 0.25) is 0 Å². The van der Waals surface area contributed by atoms with Crippen LogP contribution in [-0.2, 0) is 0 Å². The second-order valence-electron chi connectivity index (χ2n) is 17.9. The first kappa shape index (κ1) is 38.4. The van der Waals surface area contributed by atoms with Crippen LogP contribution in [-0.4, -0.2) is 0 Å². The van der Waals surface area contributed by atoms with Gasteiger partial charge >= 0.3 is 0 Å². The highest BCUT2D eigenvalue weighted by Crippen LogP contribution is 2.54. The van der Waals surface area contributed by atoms with Gasteiger partial charge in [-0.15, -0.1) is 0 Å². The molecule has 8 rings (SSSR count). The van der Waals surface area contributed by atoms with Crippen LogP contribution in [0.25, 0.3) is 76.8 Å². The summed E-state index contributed by atoms with van der Waals surface area (Å²) in [6.45, 7) is 25.1. The summed E-state index contributed by atoms with van der Waals surface area (Å²) in [5.41, 5.74) is 19.6. The Morgan fingerprint density at radius 3 is 0.825 bits per heavy atom. The molecule has 0 nitrogen and oxygen atoms in total. The third kappa shape index (κ3) is 6.88. The Hall–Kier alpha value is -5.46. The highest BCUT2D eigenvalue weighted by atomic mass is 14.3. The van der Waals surface area contributed by atoms with Crippen molar-refractivity contribution in [1.29, 1.82) is 0 Å². The molecule has 0 heteroatoms. The molecule has 0 spiro atoms. The van der Waals surface area contributed by atoms with Crippen molar-refractivity contribution in [3.05, 3.63) is 166 Å². The fraction of sp³-hybridized carbons (Fsp3) is 0.263. The predicted molar refractivity (Wildman–Crippen MR) is 251 cm³/mol. The number of hydrogen-bond acceptors (Lipinski definition) is 0. The fourth-order valence-electron chi connectivity index (χ4n) is 8.94. The summed E-state index contributed by atoms with van der Waals surface area (Å²) in [6, 6.07) is 50.0. The number of aryl methyl sites for hydroxylation is 3. The lowest BCUT2D eigenvalue weighted by molar-refractivity contribution is 0.867. The average molecular weight is 743 g/mol. The van der Waals surface area contributed by atoms with Crippen LogP contribution in [0.3, 0.4) is 0 Å². The average Bonchev–Trinajstić information content (AvgIpc) is 3.20. The van der Waals surface area contributed by atoms with E-state index in [0.29, 0.717) is 23.7 Å². The van der Waals surface area contributed by atoms with Gasteiger partial charge in [0.15, 0.2) is 0 Å². The Balaban J connectivity index is 1.70. The molecule has 57 heavy (non-hydrogen) atoms. The van der Waals surface area contributed by atoms with E-state index < -0.39 is 0 Å². The van der Waals surface area contributed by atoms with Crippen molar-refractivity contribution in [2.24, 2.45) is 0 Å². The van der Waals surface area contributed by atoms with Crippen molar-refractivity contribution in [1.82, 2.24) is 0 Å². The maximum atomic E-state index is 2.48. The van der Waals surface area contributed by atoms with Gasteiger partial charge in [-0.3, -0.25) is 0 Å². The molecular weight excluding hydrogens is 685 g/mol. The van der Waals surface area contributed by atoms with E-state index in [2.05, 4.69) is 204 Å². The Morgan fingerprint density at radius 2 is 0.544 bits per heavy atom. The largest absolute Gasteiger partial charge is 0.0587 e. The van der Waals surface area contributed by atoms with Crippen LogP contribution in [0, 0.1) is 20.8 Å². The van der Waals surface area contributed by atoms with Crippen molar-refractivity contribution >= 4 is 32.3 Å². The van der Waals surface area contributed by atoms with Gasteiger partial charge in [0.1, 0.15) is 0 Å². The van der Waals surface area contributed by atoms with Gasteiger partial charge in [-0.05, 0) is 155 Å². The standard InChI is InChI=1S/C57H58/c1-33(2)40-13-21-44(22-14-40)52-48-29-12-37(9)30-49(48)53(45-23-15-41(16-24-45)34(3)4)57-55(47-27-19-43(20-28-47)36(7)8)51-32-39(11)38(10)31-50(51)54(56(52)57)46-25-17-42(18-26-46)35(5)6/h12-36H,1-11H3. The molecule has 0 fully saturated rings. The van der Waals surface area contributed by atoms with Crippen LogP contribution in [0.15, 0.2) is 127 Å². The number of hydrogen-bond donors (Lipinski definition) is 0. The molecule has 8 aromatic carbocycles. The van der Waals surface area contributed by atoms with Gasteiger partial charge in [0.05, 0.1) is 0 Å². The van der Waals surface area contributed by atoms with E-state index in [0.717, 1.165) is 0 Å². The topological polar surface area (TPSA) is 0 Å². The lowest BCUT2D eigenvalue weighted by Crippen LogP contribution is -2.00. The minimum absolute atomic E-state index is 0.455. The van der Waals surface area contributed by atoms with Crippen molar-refractivity contribution < 1.29 is 0 Å². The van der Waals surface area contributed by atoms with Crippen molar-refractivity contribution in [2.45, 2.75) is 99.8 Å². The second-order valence-corrected chi connectivity index (χ2v) is 17.9. The molecule has 0 heterocycles. The van der Waals surface area contributed by atoms with Crippen LogP contribution >= 0.6 is 0 Å². The van der Waals surface area contributed by atoms with Crippen LogP contribution < -0.4 is 0 Å². The molecule has 0 saturated heterocycles. The normalized spacial score (nSPS) is 12.1. The van der Waals surface area contributed by atoms with E-state index in [1.54, 1.807) is 0 Å². The molecule has 0 N–H and O–H groups in total. The molecule has 286 valence electrons. The van der Waals surface area contributed by atoms with Gasteiger partial charge in [-0.25, -0.2) is 0 Å². The Kier molecular flexibility index (Phi) is 10.2. The minimum Gasteiger partial charge on any atom is -0.0587 e.